The van der Waals surface area contributed by atoms with Gasteiger partial charge in [0.25, 0.3) is 0 Å². The van der Waals surface area contributed by atoms with Crippen molar-refractivity contribution >= 4 is 17.9 Å². The van der Waals surface area contributed by atoms with Crippen molar-refractivity contribution < 1.29 is 4.79 Å². The Bertz CT molecular complexity index is 90.3. The Labute approximate surface area is 94.2 Å². The summed E-state index contributed by atoms with van der Waals surface area (Å²) >= 11 is 5.44. The molecule has 0 saturated heterocycles. The minimum Gasteiger partial charge on any atom is -0.303 e. The number of halogens is 1. The summed E-state index contributed by atoms with van der Waals surface area (Å²) in [5.74, 6) is 0.833. The molecule has 0 aromatic carbocycles. The van der Waals surface area contributed by atoms with E-state index in [0.29, 0.717) is 0 Å². The largest absolute Gasteiger partial charge is 0.303 e. The highest BCUT2D eigenvalue weighted by Crippen LogP contribution is 1.98. The molecule has 0 heterocycles. The Morgan fingerprint density at radius 1 is 0.929 bits per heavy atom. The highest BCUT2D eigenvalue weighted by Gasteiger charge is 1.81. The molecule has 0 rings (SSSR count). The molecule has 2 heteroatoms. The van der Waals surface area contributed by atoms with Crippen LogP contribution in [0.2, 0.25) is 0 Å². The molecule has 14 heavy (non-hydrogen) atoms. The molecule has 0 fully saturated rings. The molecule has 0 saturated carbocycles. The van der Waals surface area contributed by atoms with Crippen molar-refractivity contribution in [3.63, 3.8) is 0 Å². The summed E-state index contributed by atoms with van der Waals surface area (Å²) in [6.45, 7) is 4.33. The molecule has 0 bridgehead atoms. The summed E-state index contributed by atoms with van der Waals surface area (Å²) in [4.78, 5) is 9.68. The molecule has 1 nitrogen and oxygen atoms in total. The van der Waals surface area contributed by atoms with Crippen molar-refractivity contribution in [2.24, 2.45) is 0 Å². The van der Waals surface area contributed by atoms with Crippen LogP contribution >= 0.6 is 11.6 Å². The van der Waals surface area contributed by atoms with E-state index in [2.05, 4.69) is 13.8 Å². The van der Waals surface area contributed by atoms with Crippen LogP contribution in [0.5, 0.6) is 0 Å². The lowest BCUT2D eigenvalue weighted by atomic mass is 10.2. The average Bonchev–Trinajstić information content (AvgIpc) is 2.21. The van der Waals surface area contributed by atoms with E-state index in [0.717, 1.165) is 25.0 Å². The Morgan fingerprint density at radius 2 is 1.50 bits per heavy atom. The van der Waals surface area contributed by atoms with Gasteiger partial charge in [-0.25, -0.2) is 0 Å². The SMILES string of the molecule is CCCCCC=O.CCCCCCCl. The standard InChI is InChI=1S/C6H13Cl.C6H12O/c2*1-2-3-4-5-6-7/h2-6H2,1H3;6H,2-5H2,1H3. The third-order valence-electron chi connectivity index (χ3n) is 1.91. The van der Waals surface area contributed by atoms with E-state index < -0.39 is 0 Å². The van der Waals surface area contributed by atoms with Crippen molar-refractivity contribution in [2.45, 2.75) is 65.2 Å². The third kappa shape index (κ3) is 22.7. The Balaban J connectivity index is 0. The van der Waals surface area contributed by atoms with E-state index in [1.165, 1.54) is 38.5 Å². The zero-order valence-corrected chi connectivity index (χ0v) is 10.5. The van der Waals surface area contributed by atoms with Gasteiger partial charge in [-0.15, -0.1) is 11.6 Å². The molecule has 0 amide bonds. The lowest BCUT2D eigenvalue weighted by molar-refractivity contribution is -0.107. The molecule has 0 atom stereocenters. The van der Waals surface area contributed by atoms with Crippen LogP contribution < -0.4 is 0 Å². The molecule has 0 aliphatic rings. The van der Waals surface area contributed by atoms with Gasteiger partial charge in [0.05, 0.1) is 0 Å². The number of alkyl halides is 1. The van der Waals surface area contributed by atoms with E-state index in [4.69, 9.17) is 11.6 Å². The molecular weight excluding hydrogens is 196 g/mol. The molecule has 0 aromatic rings. The average molecular weight is 221 g/mol. The smallest absolute Gasteiger partial charge is 0.119 e. The number of hydrogen-bond acceptors (Lipinski definition) is 1. The predicted octanol–water partition coefficient (Wildman–Crippen LogP) is 4.57. The number of carbonyl (C=O) groups excluding carboxylic acids is 1. The van der Waals surface area contributed by atoms with Crippen LogP contribution in [0.3, 0.4) is 0 Å². The van der Waals surface area contributed by atoms with Crippen molar-refractivity contribution in [3.8, 4) is 0 Å². The van der Waals surface area contributed by atoms with Crippen molar-refractivity contribution in [1.29, 1.82) is 0 Å². The summed E-state index contributed by atoms with van der Waals surface area (Å²) in [7, 11) is 0. The van der Waals surface area contributed by atoms with Crippen molar-refractivity contribution in [2.75, 3.05) is 5.88 Å². The van der Waals surface area contributed by atoms with Gasteiger partial charge >= 0.3 is 0 Å². The zero-order chi connectivity index (χ0) is 11.1. The van der Waals surface area contributed by atoms with Gasteiger partial charge in [-0.1, -0.05) is 46.0 Å². The van der Waals surface area contributed by atoms with E-state index in [9.17, 15) is 4.79 Å². The van der Waals surface area contributed by atoms with Crippen LogP contribution in [0.15, 0.2) is 0 Å². The first kappa shape index (κ1) is 16.4. The quantitative estimate of drug-likeness (QED) is 0.333. The minimum absolute atomic E-state index is 0.744. The van der Waals surface area contributed by atoms with Crippen LogP contribution in [-0.2, 0) is 4.79 Å². The normalized spacial score (nSPS) is 9.07. The third-order valence-corrected chi connectivity index (χ3v) is 2.18. The van der Waals surface area contributed by atoms with Crippen LogP contribution in [0.25, 0.3) is 0 Å². The summed E-state index contributed by atoms with van der Waals surface area (Å²) in [5.41, 5.74) is 0. The maximum absolute atomic E-state index is 9.68. The van der Waals surface area contributed by atoms with Crippen molar-refractivity contribution in [3.05, 3.63) is 0 Å². The van der Waals surface area contributed by atoms with Crippen LogP contribution in [0, 0.1) is 0 Å². The molecular formula is C12H25ClO. The predicted molar refractivity (Wildman–Crippen MR) is 65.1 cm³/mol. The molecule has 0 spiro atoms. The molecule has 0 aliphatic heterocycles. The number of carbonyl (C=O) groups is 1. The highest BCUT2D eigenvalue weighted by atomic mass is 35.5. The molecule has 0 N–H and O–H groups in total. The molecule has 0 aliphatic carbocycles. The van der Waals surface area contributed by atoms with Crippen molar-refractivity contribution in [1.82, 2.24) is 0 Å². The van der Waals surface area contributed by atoms with Gasteiger partial charge < -0.3 is 4.79 Å². The zero-order valence-electron chi connectivity index (χ0n) is 9.73. The second-order valence-corrected chi connectivity index (χ2v) is 3.79. The Morgan fingerprint density at radius 3 is 1.93 bits per heavy atom. The monoisotopic (exact) mass is 220 g/mol. The summed E-state index contributed by atoms with van der Waals surface area (Å²) in [6, 6.07) is 0. The van der Waals surface area contributed by atoms with Crippen LogP contribution in [0.4, 0.5) is 0 Å². The van der Waals surface area contributed by atoms with Gasteiger partial charge in [-0.2, -0.15) is 0 Å². The summed E-state index contributed by atoms with van der Waals surface area (Å²) in [5, 5.41) is 0. The topological polar surface area (TPSA) is 17.1 Å². The van der Waals surface area contributed by atoms with Crippen LogP contribution in [0.1, 0.15) is 65.2 Å². The number of unbranched alkanes of at least 4 members (excludes halogenated alkanes) is 6. The number of hydrogen-bond donors (Lipinski definition) is 0. The summed E-state index contributed by atoms with van der Waals surface area (Å²) in [6.07, 6.45) is 10.3. The first-order chi connectivity index (χ1) is 6.83. The van der Waals surface area contributed by atoms with E-state index in [1.54, 1.807) is 0 Å². The first-order valence-electron chi connectivity index (χ1n) is 5.83. The second kappa shape index (κ2) is 18.7. The van der Waals surface area contributed by atoms with E-state index >= 15 is 0 Å². The van der Waals surface area contributed by atoms with Gasteiger partial charge in [-0.3, -0.25) is 0 Å². The lowest BCUT2D eigenvalue weighted by Gasteiger charge is -1.89. The second-order valence-electron chi connectivity index (χ2n) is 3.41. The molecule has 86 valence electrons. The fourth-order valence-electron chi connectivity index (χ4n) is 0.999. The number of aldehydes is 1. The van der Waals surface area contributed by atoms with E-state index in [-0.39, 0.29) is 0 Å². The molecule has 0 unspecified atom stereocenters. The van der Waals surface area contributed by atoms with Gasteiger partial charge in [0.2, 0.25) is 0 Å². The van der Waals surface area contributed by atoms with E-state index in [1.807, 2.05) is 0 Å². The highest BCUT2D eigenvalue weighted by molar-refractivity contribution is 6.17. The van der Waals surface area contributed by atoms with Gasteiger partial charge in [0.1, 0.15) is 6.29 Å². The fraction of sp³-hybridized carbons (Fsp3) is 0.917. The van der Waals surface area contributed by atoms with Gasteiger partial charge in [0.15, 0.2) is 0 Å². The Kier molecular flexibility index (Phi) is 21.9. The summed E-state index contributed by atoms with van der Waals surface area (Å²) < 4.78 is 0. The van der Waals surface area contributed by atoms with Gasteiger partial charge in [0, 0.05) is 12.3 Å². The maximum atomic E-state index is 9.68. The van der Waals surface area contributed by atoms with Crippen LogP contribution in [-0.4, -0.2) is 12.2 Å². The van der Waals surface area contributed by atoms with Gasteiger partial charge in [-0.05, 0) is 12.8 Å². The maximum Gasteiger partial charge on any atom is 0.119 e. The minimum atomic E-state index is 0.744. The fourth-order valence-corrected chi connectivity index (χ4v) is 1.19. The Hall–Kier alpha value is -0.0400. The first-order valence-corrected chi connectivity index (χ1v) is 6.36. The lowest BCUT2D eigenvalue weighted by Crippen LogP contribution is -1.74. The number of rotatable bonds is 8. The molecule has 0 radical (unpaired) electrons. The molecule has 0 aromatic heterocycles.